The van der Waals surface area contributed by atoms with Crippen LogP contribution in [-0.4, -0.2) is 30.3 Å². The Balaban J connectivity index is 1.43. The molecule has 0 saturated carbocycles. The lowest BCUT2D eigenvalue weighted by atomic mass is 10.1. The zero-order chi connectivity index (χ0) is 25.4. The summed E-state index contributed by atoms with van der Waals surface area (Å²) in [5.41, 5.74) is -0.847. The van der Waals surface area contributed by atoms with Crippen molar-refractivity contribution in [3.63, 3.8) is 0 Å². The lowest BCUT2D eigenvalue weighted by molar-refractivity contribution is -0.142. The Bertz CT molecular complexity index is 1570. The van der Waals surface area contributed by atoms with Crippen molar-refractivity contribution in [2.75, 3.05) is 5.32 Å². The van der Waals surface area contributed by atoms with Crippen LogP contribution < -0.4 is 5.32 Å². The predicted molar refractivity (Wildman–Crippen MR) is 119 cm³/mol. The van der Waals surface area contributed by atoms with Gasteiger partial charge in [-0.25, -0.2) is 18.3 Å². The van der Waals surface area contributed by atoms with Gasteiger partial charge in [0.2, 0.25) is 0 Å². The van der Waals surface area contributed by atoms with E-state index in [2.05, 4.69) is 20.5 Å². The van der Waals surface area contributed by atoms with Gasteiger partial charge in [0, 0.05) is 23.4 Å². The van der Waals surface area contributed by atoms with E-state index in [-0.39, 0.29) is 34.8 Å². The molecule has 0 atom stereocenters. The van der Waals surface area contributed by atoms with Crippen LogP contribution in [0.15, 0.2) is 73.1 Å². The van der Waals surface area contributed by atoms with Crippen molar-refractivity contribution in [1.29, 1.82) is 0 Å². The average Bonchev–Trinajstić information content (AvgIpc) is 3.46. The topological polar surface area (TPSA) is 77.1 Å². The number of halogens is 5. The Morgan fingerprint density at radius 2 is 1.75 bits per heavy atom. The summed E-state index contributed by atoms with van der Waals surface area (Å²) in [5.74, 6) is -1.74. The van der Waals surface area contributed by atoms with E-state index in [0.29, 0.717) is 10.1 Å². The van der Waals surface area contributed by atoms with Gasteiger partial charge in [-0.05, 0) is 36.4 Å². The highest BCUT2D eigenvalue weighted by atomic mass is 19.4. The maximum Gasteiger partial charge on any atom is 0.433 e. The van der Waals surface area contributed by atoms with Crippen LogP contribution in [0, 0.1) is 11.6 Å². The number of hydrogen-bond donors (Lipinski definition) is 1. The predicted octanol–water partition coefficient (Wildman–Crippen LogP) is 5.19. The molecule has 3 heterocycles. The number of nitrogens with zero attached hydrogens (tertiary/aromatic N) is 5. The van der Waals surface area contributed by atoms with Crippen molar-refractivity contribution in [2.45, 2.75) is 12.7 Å². The number of carbonyl (C=O) groups excluding carboxylic acids is 1. The maximum atomic E-state index is 13.9. The largest absolute Gasteiger partial charge is 0.433 e. The highest BCUT2D eigenvalue weighted by Crippen LogP contribution is 2.32. The second-order valence-corrected chi connectivity index (χ2v) is 7.80. The van der Waals surface area contributed by atoms with E-state index in [1.807, 2.05) is 0 Å². The molecule has 0 bridgehead atoms. The van der Waals surface area contributed by atoms with E-state index < -0.39 is 29.4 Å². The zero-order valence-electron chi connectivity index (χ0n) is 18.2. The molecule has 1 N–H and O–H groups in total. The van der Waals surface area contributed by atoms with Crippen LogP contribution in [0.4, 0.5) is 27.6 Å². The Labute approximate surface area is 199 Å². The smallest absolute Gasteiger partial charge is 0.318 e. The normalized spacial score (nSPS) is 11.7. The van der Waals surface area contributed by atoms with Crippen LogP contribution in [0.5, 0.6) is 0 Å². The summed E-state index contributed by atoms with van der Waals surface area (Å²) in [6.07, 6.45) is -2.03. The molecule has 0 aliphatic rings. The number of benzene rings is 2. The van der Waals surface area contributed by atoms with E-state index in [1.165, 1.54) is 35.3 Å². The van der Waals surface area contributed by atoms with Crippen LogP contribution >= 0.6 is 0 Å². The van der Waals surface area contributed by atoms with Crippen molar-refractivity contribution >= 4 is 17.2 Å². The van der Waals surface area contributed by atoms with Crippen molar-refractivity contribution in [2.24, 2.45) is 0 Å². The van der Waals surface area contributed by atoms with Crippen LogP contribution in [0.1, 0.15) is 21.7 Å². The van der Waals surface area contributed by atoms with Crippen molar-refractivity contribution in [3.8, 4) is 11.3 Å². The number of hydrogen-bond acceptors (Lipinski definition) is 4. The molecule has 1 amide bonds. The van der Waals surface area contributed by atoms with Gasteiger partial charge < -0.3 is 5.32 Å². The number of rotatable bonds is 5. The summed E-state index contributed by atoms with van der Waals surface area (Å²) < 4.78 is 70.3. The fourth-order valence-corrected chi connectivity index (χ4v) is 3.57. The van der Waals surface area contributed by atoms with Crippen LogP contribution in [-0.2, 0) is 12.7 Å². The Hall–Kier alpha value is -4.61. The third-order valence-electron chi connectivity index (χ3n) is 5.27. The van der Waals surface area contributed by atoms with E-state index in [4.69, 9.17) is 0 Å². The second kappa shape index (κ2) is 8.87. The fraction of sp³-hybridized carbons (Fsp3) is 0.0833. The quantitative estimate of drug-likeness (QED) is 0.339. The van der Waals surface area contributed by atoms with Crippen molar-refractivity contribution < 1.29 is 26.7 Å². The molecule has 0 radical (unpaired) electrons. The second-order valence-electron chi connectivity index (χ2n) is 7.80. The monoisotopic (exact) mass is 498 g/mol. The third-order valence-corrected chi connectivity index (χ3v) is 5.27. The highest BCUT2D eigenvalue weighted by molar-refractivity contribution is 6.03. The van der Waals surface area contributed by atoms with Gasteiger partial charge in [0.05, 0.1) is 24.1 Å². The summed E-state index contributed by atoms with van der Waals surface area (Å²) in [6.45, 7) is 0.113. The molecule has 5 rings (SSSR count). The van der Waals surface area contributed by atoms with Crippen molar-refractivity contribution in [1.82, 2.24) is 24.4 Å². The van der Waals surface area contributed by atoms with Gasteiger partial charge in [-0.3, -0.25) is 9.48 Å². The minimum Gasteiger partial charge on any atom is -0.318 e. The first kappa shape index (κ1) is 23.1. The standard InChI is InChI=1S/C24H15F5N6O/c25-16-7-5-14(6-8-16)19-9-21(24(27,28)29)35-22(32-19)10-20(33-35)23(36)31-17-11-30-34(13-17)12-15-3-1-2-4-18(15)26/h1-11,13H,12H2,(H,31,36). The molecule has 0 aliphatic heterocycles. The number of alkyl halides is 3. The van der Waals surface area contributed by atoms with Crippen LogP contribution in [0.25, 0.3) is 16.9 Å². The number of amides is 1. The van der Waals surface area contributed by atoms with E-state index in [0.717, 1.165) is 24.3 Å². The van der Waals surface area contributed by atoms with Crippen LogP contribution in [0.2, 0.25) is 0 Å². The molecule has 5 aromatic rings. The first-order chi connectivity index (χ1) is 17.2. The number of anilines is 1. The van der Waals surface area contributed by atoms with Crippen LogP contribution in [0.3, 0.4) is 0 Å². The number of fused-ring (bicyclic) bond motifs is 1. The van der Waals surface area contributed by atoms with Gasteiger partial charge in [-0.2, -0.15) is 23.4 Å². The molecule has 182 valence electrons. The minimum atomic E-state index is -4.80. The Morgan fingerprint density at radius 1 is 1.00 bits per heavy atom. The molecule has 0 saturated heterocycles. The number of aromatic nitrogens is 5. The fourth-order valence-electron chi connectivity index (χ4n) is 3.57. The van der Waals surface area contributed by atoms with E-state index >= 15 is 0 Å². The Kier molecular flexibility index (Phi) is 5.71. The molecule has 36 heavy (non-hydrogen) atoms. The van der Waals surface area contributed by atoms with Gasteiger partial charge in [-0.1, -0.05) is 18.2 Å². The van der Waals surface area contributed by atoms with Gasteiger partial charge >= 0.3 is 6.18 Å². The molecule has 2 aromatic carbocycles. The Morgan fingerprint density at radius 3 is 2.47 bits per heavy atom. The zero-order valence-corrected chi connectivity index (χ0v) is 18.2. The molecule has 0 spiro atoms. The average molecular weight is 498 g/mol. The van der Waals surface area contributed by atoms with Gasteiger partial charge in [-0.15, -0.1) is 0 Å². The molecule has 12 heteroatoms. The summed E-state index contributed by atoms with van der Waals surface area (Å²) in [6, 6.07) is 12.9. The lowest BCUT2D eigenvalue weighted by Gasteiger charge is -2.11. The van der Waals surface area contributed by atoms with E-state index in [9.17, 15) is 26.7 Å². The van der Waals surface area contributed by atoms with Crippen molar-refractivity contribution in [3.05, 3.63) is 102 Å². The van der Waals surface area contributed by atoms with Gasteiger partial charge in [0.15, 0.2) is 17.0 Å². The lowest BCUT2D eigenvalue weighted by Crippen LogP contribution is -2.15. The van der Waals surface area contributed by atoms with Gasteiger partial charge in [0.25, 0.3) is 5.91 Å². The summed E-state index contributed by atoms with van der Waals surface area (Å²) >= 11 is 0. The number of carbonyl (C=O) groups is 1. The third kappa shape index (κ3) is 4.65. The maximum absolute atomic E-state index is 13.9. The molecular weight excluding hydrogens is 483 g/mol. The molecule has 7 nitrogen and oxygen atoms in total. The molecule has 0 unspecified atom stereocenters. The summed E-state index contributed by atoms with van der Waals surface area (Å²) in [4.78, 5) is 16.9. The highest BCUT2D eigenvalue weighted by Gasteiger charge is 2.35. The summed E-state index contributed by atoms with van der Waals surface area (Å²) in [7, 11) is 0. The van der Waals surface area contributed by atoms with Gasteiger partial charge in [0.1, 0.15) is 11.6 Å². The SMILES string of the molecule is O=C(Nc1cnn(Cc2ccccc2F)c1)c1cc2nc(-c3ccc(F)cc3)cc(C(F)(F)F)n2n1. The summed E-state index contributed by atoms with van der Waals surface area (Å²) in [5, 5.41) is 10.4. The molecule has 3 aromatic heterocycles. The molecule has 0 fully saturated rings. The minimum absolute atomic E-state index is 0.0592. The first-order valence-electron chi connectivity index (χ1n) is 10.5. The first-order valence-corrected chi connectivity index (χ1v) is 10.5. The van der Waals surface area contributed by atoms with E-state index in [1.54, 1.807) is 18.2 Å². The molecular formula is C24H15F5N6O. The number of nitrogens with one attached hydrogen (secondary N) is 1. The molecule has 0 aliphatic carbocycles.